The van der Waals surface area contributed by atoms with Gasteiger partial charge in [-0.05, 0) is 28.5 Å². The van der Waals surface area contributed by atoms with Crippen LogP contribution in [0.5, 0.6) is 0 Å². The maximum Gasteiger partial charge on any atom is 0.0825 e. The standard InChI is InChI=1S/C22H21ClN2S/c23-20-10-3-4-11-21(20)24-12-14-25(15-13-24)22(26)16-18-8-5-7-17-6-1-2-9-19(17)18/h1-11H,12-16H2. The van der Waals surface area contributed by atoms with E-state index in [1.807, 2.05) is 18.2 Å². The lowest BCUT2D eigenvalue weighted by atomic mass is 10.0. The Labute approximate surface area is 165 Å². The Kier molecular flexibility index (Phi) is 5.09. The molecule has 0 aliphatic carbocycles. The Balaban J connectivity index is 1.43. The second-order valence-corrected chi connectivity index (χ2v) is 7.51. The predicted octanol–water partition coefficient (Wildman–Crippen LogP) is 5.19. The van der Waals surface area contributed by atoms with E-state index in [2.05, 4.69) is 58.3 Å². The number of benzene rings is 3. The summed E-state index contributed by atoms with van der Waals surface area (Å²) in [4.78, 5) is 5.71. The third-order valence-electron chi connectivity index (χ3n) is 5.05. The van der Waals surface area contributed by atoms with Gasteiger partial charge in [-0.3, -0.25) is 0 Å². The first-order chi connectivity index (χ1) is 12.7. The van der Waals surface area contributed by atoms with Crippen molar-refractivity contribution in [2.24, 2.45) is 0 Å². The van der Waals surface area contributed by atoms with Gasteiger partial charge in [-0.15, -0.1) is 0 Å². The van der Waals surface area contributed by atoms with E-state index in [1.54, 1.807) is 0 Å². The molecule has 1 aliphatic rings. The van der Waals surface area contributed by atoms with Crippen molar-refractivity contribution in [2.45, 2.75) is 6.42 Å². The van der Waals surface area contributed by atoms with E-state index in [9.17, 15) is 0 Å². The predicted molar refractivity (Wildman–Crippen MR) is 115 cm³/mol. The number of hydrogen-bond acceptors (Lipinski definition) is 2. The molecule has 0 radical (unpaired) electrons. The average Bonchev–Trinajstić information content (AvgIpc) is 2.69. The fraction of sp³-hybridized carbons (Fsp3) is 0.227. The smallest absolute Gasteiger partial charge is 0.0825 e. The number of hydrogen-bond donors (Lipinski definition) is 0. The zero-order chi connectivity index (χ0) is 17.9. The normalized spacial score (nSPS) is 14.7. The molecule has 132 valence electrons. The molecule has 26 heavy (non-hydrogen) atoms. The molecule has 0 saturated carbocycles. The highest BCUT2D eigenvalue weighted by molar-refractivity contribution is 7.80. The molecule has 3 aromatic carbocycles. The van der Waals surface area contributed by atoms with Crippen LogP contribution in [0.3, 0.4) is 0 Å². The Hall–Kier alpha value is -2.10. The third kappa shape index (κ3) is 3.55. The number of nitrogens with zero attached hydrogens (tertiary/aromatic N) is 2. The molecular formula is C22H21ClN2S. The van der Waals surface area contributed by atoms with Crippen molar-refractivity contribution in [1.82, 2.24) is 4.90 Å². The number of rotatable bonds is 3. The molecule has 0 bridgehead atoms. The van der Waals surface area contributed by atoms with Gasteiger partial charge in [0.25, 0.3) is 0 Å². The van der Waals surface area contributed by atoms with Crippen LogP contribution in [0.4, 0.5) is 5.69 Å². The van der Waals surface area contributed by atoms with Crippen LogP contribution in [-0.2, 0) is 6.42 Å². The van der Waals surface area contributed by atoms with Crippen LogP contribution in [0.1, 0.15) is 5.56 Å². The van der Waals surface area contributed by atoms with Gasteiger partial charge in [-0.1, -0.05) is 78.4 Å². The van der Waals surface area contributed by atoms with E-state index in [0.717, 1.165) is 48.3 Å². The molecule has 4 rings (SSSR count). The zero-order valence-corrected chi connectivity index (χ0v) is 16.1. The van der Waals surface area contributed by atoms with Gasteiger partial charge in [0.1, 0.15) is 0 Å². The van der Waals surface area contributed by atoms with Crippen molar-refractivity contribution < 1.29 is 0 Å². The van der Waals surface area contributed by atoms with Crippen molar-refractivity contribution in [3.05, 3.63) is 77.3 Å². The molecule has 1 fully saturated rings. The van der Waals surface area contributed by atoms with Gasteiger partial charge in [-0.2, -0.15) is 0 Å². The fourth-order valence-electron chi connectivity index (χ4n) is 3.63. The lowest BCUT2D eigenvalue weighted by Crippen LogP contribution is -2.48. The van der Waals surface area contributed by atoms with Gasteiger partial charge in [0, 0.05) is 32.6 Å². The van der Waals surface area contributed by atoms with E-state index >= 15 is 0 Å². The third-order valence-corrected chi connectivity index (χ3v) is 5.77. The van der Waals surface area contributed by atoms with Crippen LogP contribution in [0, 0.1) is 0 Å². The Bertz CT molecular complexity index is 927. The quantitative estimate of drug-likeness (QED) is 0.577. The molecule has 0 N–H and O–H groups in total. The van der Waals surface area contributed by atoms with E-state index < -0.39 is 0 Å². The number of thiocarbonyl (C=S) groups is 1. The SMILES string of the molecule is S=C(Cc1cccc2ccccc12)N1CCN(c2ccccc2Cl)CC1. The molecule has 3 aromatic rings. The summed E-state index contributed by atoms with van der Waals surface area (Å²) in [5, 5.41) is 3.39. The molecule has 2 nitrogen and oxygen atoms in total. The van der Waals surface area contributed by atoms with E-state index in [-0.39, 0.29) is 0 Å². The summed E-state index contributed by atoms with van der Waals surface area (Å²) in [6, 6.07) is 23.0. The topological polar surface area (TPSA) is 6.48 Å². The van der Waals surface area contributed by atoms with Crippen LogP contribution < -0.4 is 4.90 Å². The highest BCUT2D eigenvalue weighted by Gasteiger charge is 2.20. The second-order valence-electron chi connectivity index (χ2n) is 6.63. The molecule has 1 saturated heterocycles. The molecule has 0 amide bonds. The Morgan fingerprint density at radius 3 is 2.35 bits per heavy atom. The molecule has 1 heterocycles. The van der Waals surface area contributed by atoms with Gasteiger partial charge in [0.15, 0.2) is 0 Å². The Morgan fingerprint density at radius 1 is 0.846 bits per heavy atom. The molecular weight excluding hydrogens is 360 g/mol. The number of anilines is 1. The first-order valence-corrected chi connectivity index (χ1v) is 9.75. The van der Waals surface area contributed by atoms with Gasteiger partial charge >= 0.3 is 0 Å². The molecule has 1 aliphatic heterocycles. The summed E-state index contributed by atoms with van der Waals surface area (Å²) >= 11 is 12.1. The van der Waals surface area contributed by atoms with Gasteiger partial charge in [0.05, 0.1) is 15.7 Å². The van der Waals surface area contributed by atoms with Crippen LogP contribution in [0.15, 0.2) is 66.7 Å². The largest absolute Gasteiger partial charge is 0.367 e. The maximum atomic E-state index is 6.34. The fourth-order valence-corrected chi connectivity index (χ4v) is 4.22. The molecule has 0 spiro atoms. The lowest BCUT2D eigenvalue weighted by molar-refractivity contribution is 0.387. The summed E-state index contributed by atoms with van der Waals surface area (Å²) in [5.74, 6) is 0. The van der Waals surface area contributed by atoms with Crippen molar-refractivity contribution in [3.8, 4) is 0 Å². The van der Waals surface area contributed by atoms with Gasteiger partial charge < -0.3 is 9.80 Å². The number of halogens is 1. The zero-order valence-electron chi connectivity index (χ0n) is 14.6. The highest BCUT2D eigenvalue weighted by Crippen LogP contribution is 2.26. The maximum absolute atomic E-state index is 6.34. The first-order valence-electron chi connectivity index (χ1n) is 8.96. The summed E-state index contributed by atoms with van der Waals surface area (Å²) < 4.78 is 0. The number of para-hydroxylation sites is 1. The number of fused-ring (bicyclic) bond motifs is 1. The van der Waals surface area contributed by atoms with Crippen molar-refractivity contribution in [3.63, 3.8) is 0 Å². The average molecular weight is 381 g/mol. The van der Waals surface area contributed by atoms with E-state index in [1.165, 1.54) is 16.3 Å². The van der Waals surface area contributed by atoms with Crippen LogP contribution in [0.25, 0.3) is 10.8 Å². The minimum absolute atomic E-state index is 0.819. The van der Waals surface area contributed by atoms with Crippen LogP contribution in [0.2, 0.25) is 5.02 Å². The summed E-state index contributed by atoms with van der Waals surface area (Å²) in [6.07, 6.45) is 0.822. The molecule has 0 atom stereocenters. The summed E-state index contributed by atoms with van der Waals surface area (Å²) in [6.45, 7) is 3.77. The van der Waals surface area contributed by atoms with Crippen molar-refractivity contribution >= 4 is 45.3 Å². The Morgan fingerprint density at radius 2 is 1.54 bits per heavy atom. The van der Waals surface area contributed by atoms with Gasteiger partial charge in [-0.25, -0.2) is 0 Å². The minimum Gasteiger partial charge on any atom is -0.367 e. The lowest BCUT2D eigenvalue weighted by Gasteiger charge is -2.38. The molecule has 0 aromatic heterocycles. The van der Waals surface area contributed by atoms with Crippen molar-refractivity contribution in [2.75, 3.05) is 31.1 Å². The summed E-state index contributed by atoms with van der Waals surface area (Å²) in [7, 11) is 0. The molecule has 4 heteroatoms. The monoisotopic (exact) mass is 380 g/mol. The second kappa shape index (κ2) is 7.65. The molecule has 0 unspecified atom stereocenters. The van der Waals surface area contributed by atoms with Crippen LogP contribution >= 0.6 is 23.8 Å². The van der Waals surface area contributed by atoms with E-state index in [0.29, 0.717) is 0 Å². The van der Waals surface area contributed by atoms with Crippen LogP contribution in [-0.4, -0.2) is 36.1 Å². The highest BCUT2D eigenvalue weighted by atomic mass is 35.5. The first kappa shape index (κ1) is 17.3. The minimum atomic E-state index is 0.819. The van der Waals surface area contributed by atoms with Crippen molar-refractivity contribution in [1.29, 1.82) is 0 Å². The van der Waals surface area contributed by atoms with Gasteiger partial charge in [0.2, 0.25) is 0 Å². The number of piperazine rings is 1. The van der Waals surface area contributed by atoms with E-state index in [4.69, 9.17) is 23.8 Å². The summed E-state index contributed by atoms with van der Waals surface area (Å²) in [5.41, 5.74) is 2.43.